The van der Waals surface area contributed by atoms with Crippen LogP contribution in [0.2, 0.25) is 10.0 Å². The molecule has 3 aromatic rings. The van der Waals surface area contributed by atoms with E-state index in [0.29, 0.717) is 27.5 Å². The summed E-state index contributed by atoms with van der Waals surface area (Å²) in [5, 5.41) is 25.7. The van der Waals surface area contributed by atoms with Crippen molar-refractivity contribution in [1.82, 2.24) is 20.1 Å². The van der Waals surface area contributed by atoms with Crippen molar-refractivity contribution < 1.29 is 14.7 Å². The first-order valence-corrected chi connectivity index (χ1v) is 11.6. The quantitative estimate of drug-likeness (QED) is 0.216. The topological polar surface area (TPSA) is 173 Å². The van der Waals surface area contributed by atoms with Gasteiger partial charge in [-0.05, 0) is 51.1 Å². The van der Waals surface area contributed by atoms with Crippen LogP contribution in [0, 0.1) is 5.41 Å². The van der Waals surface area contributed by atoms with Crippen molar-refractivity contribution in [3.63, 3.8) is 0 Å². The van der Waals surface area contributed by atoms with Crippen LogP contribution in [0.4, 0.5) is 5.82 Å². The number of allylic oxidation sites excluding steroid dienone is 1. The van der Waals surface area contributed by atoms with Crippen LogP contribution in [0.3, 0.4) is 0 Å². The molecular weight excluding hydrogens is 505 g/mol. The molecule has 1 unspecified atom stereocenters. The van der Waals surface area contributed by atoms with Gasteiger partial charge in [0.15, 0.2) is 5.88 Å². The van der Waals surface area contributed by atoms with E-state index >= 15 is 0 Å². The molecule has 3 rings (SSSR count). The lowest BCUT2D eigenvalue weighted by Crippen LogP contribution is -2.28. The van der Waals surface area contributed by atoms with Gasteiger partial charge in [-0.15, -0.1) is 0 Å². The molecule has 12 heteroatoms. The Bertz CT molecular complexity index is 1360. The Balaban J connectivity index is 1.76. The number of rotatable bonds is 8. The Morgan fingerprint density at radius 3 is 2.44 bits per heavy atom. The Morgan fingerprint density at radius 2 is 1.89 bits per heavy atom. The highest BCUT2D eigenvalue weighted by atomic mass is 35.5. The van der Waals surface area contributed by atoms with E-state index in [0.717, 1.165) is 6.08 Å². The van der Waals surface area contributed by atoms with Gasteiger partial charge in [0, 0.05) is 34.5 Å². The van der Waals surface area contributed by atoms with Gasteiger partial charge < -0.3 is 22.0 Å². The Labute approximate surface area is 217 Å². The molecule has 7 N–H and O–H groups in total. The number of nitrogen functional groups attached to an aromatic ring is 1. The van der Waals surface area contributed by atoms with Crippen molar-refractivity contribution in [2.24, 2.45) is 5.73 Å². The van der Waals surface area contributed by atoms with Crippen molar-refractivity contribution in [3.05, 3.63) is 75.4 Å². The molecular formula is C24H25Cl2N7O3. The smallest absolute Gasteiger partial charge is 0.254 e. The number of hydrogen-bond donors (Lipinski definition) is 5. The Morgan fingerprint density at radius 1 is 1.19 bits per heavy atom. The van der Waals surface area contributed by atoms with Crippen LogP contribution < -0.4 is 16.8 Å². The molecule has 0 aliphatic rings. The second kappa shape index (κ2) is 10.8. The Hall–Kier alpha value is -3.89. The fourth-order valence-corrected chi connectivity index (χ4v) is 3.93. The first-order valence-electron chi connectivity index (χ1n) is 10.8. The number of aliphatic hydroxyl groups excluding tert-OH is 1. The standard InChI is InChI=1S/C24H25Cl2N7O3/c1-11(2)33-22(28)20(23(29)35)21(32-33)13-4-7-18(30-10-13)12(3)24(36)31-19(34)9-17(27)15-6-5-14(25)8-16(15)26/h4-12,27,34H,28H2,1-3H3,(H2,29,35)(H,31,36)/b19-9-,27-17?. The number of nitrogens with one attached hydrogen (secondary N) is 2. The van der Waals surface area contributed by atoms with Crippen LogP contribution in [0.25, 0.3) is 11.3 Å². The number of halogens is 2. The first kappa shape index (κ1) is 26.7. The van der Waals surface area contributed by atoms with Gasteiger partial charge in [0.1, 0.15) is 17.1 Å². The molecule has 2 heterocycles. The molecule has 0 aliphatic heterocycles. The van der Waals surface area contributed by atoms with Crippen LogP contribution in [0.1, 0.15) is 54.3 Å². The summed E-state index contributed by atoms with van der Waals surface area (Å²) in [7, 11) is 0. The molecule has 2 aromatic heterocycles. The van der Waals surface area contributed by atoms with Gasteiger partial charge in [0.05, 0.1) is 22.3 Å². The minimum Gasteiger partial charge on any atom is -0.494 e. The van der Waals surface area contributed by atoms with Crippen LogP contribution in [-0.4, -0.2) is 37.4 Å². The molecule has 0 fully saturated rings. The van der Waals surface area contributed by atoms with Crippen LogP contribution >= 0.6 is 23.2 Å². The normalized spacial score (nSPS) is 12.4. The maximum atomic E-state index is 12.6. The zero-order valence-corrected chi connectivity index (χ0v) is 21.2. The summed E-state index contributed by atoms with van der Waals surface area (Å²) in [4.78, 5) is 28.9. The van der Waals surface area contributed by atoms with Gasteiger partial charge in [0.25, 0.3) is 5.91 Å². The van der Waals surface area contributed by atoms with Crippen molar-refractivity contribution in [2.75, 3.05) is 5.73 Å². The summed E-state index contributed by atoms with van der Waals surface area (Å²) in [6.07, 6.45) is 2.53. The zero-order valence-electron chi connectivity index (χ0n) is 19.7. The van der Waals surface area contributed by atoms with E-state index in [1.807, 2.05) is 13.8 Å². The van der Waals surface area contributed by atoms with Gasteiger partial charge in [-0.25, -0.2) is 4.68 Å². The van der Waals surface area contributed by atoms with Crippen LogP contribution in [0.15, 0.2) is 48.5 Å². The van der Waals surface area contributed by atoms with E-state index < -0.39 is 23.6 Å². The number of benzene rings is 1. The molecule has 10 nitrogen and oxygen atoms in total. The molecule has 0 saturated heterocycles. The van der Waals surface area contributed by atoms with Crippen molar-refractivity contribution in [3.8, 4) is 11.3 Å². The highest BCUT2D eigenvalue weighted by Gasteiger charge is 2.24. The monoisotopic (exact) mass is 529 g/mol. The predicted molar refractivity (Wildman–Crippen MR) is 139 cm³/mol. The molecule has 36 heavy (non-hydrogen) atoms. The summed E-state index contributed by atoms with van der Waals surface area (Å²) >= 11 is 11.9. The molecule has 0 saturated carbocycles. The number of primary amides is 1. The molecule has 2 amide bonds. The minimum atomic E-state index is -0.753. The summed E-state index contributed by atoms with van der Waals surface area (Å²) < 4.78 is 1.50. The van der Waals surface area contributed by atoms with Gasteiger partial charge in [-0.3, -0.25) is 19.9 Å². The van der Waals surface area contributed by atoms with Crippen LogP contribution in [-0.2, 0) is 4.79 Å². The fraction of sp³-hybridized carbons (Fsp3) is 0.208. The lowest BCUT2D eigenvalue weighted by molar-refractivity contribution is -0.122. The molecule has 0 aliphatic carbocycles. The number of carbonyl (C=O) groups is 2. The van der Waals surface area contributed by atoms with Crippen molar-refractivity contribution in [1.29, 1.82) is 5.41 Å². The third-order valence-electron chi connectivity index (χ3n) is 5.33. The number of aromatic nitrogens is 3. The average Bonchev–Trinajstić information content (AvgIpc) is 3.16. The number of hydrogen-bond acceptors (Lipinski definition) is 7. The van der Waals surface area contributed by atoms with E-state index in [2.05, 4.69) is 15.4 Å². The van der Waals surface area contributed by atoms with Gasteiger partial charge in [-0.2, -0.15) is 5.10 Å². The third kappa shape index (κ3) is 5.67. The summed E-state index contributed by atoms with van der Waals surface area (Å²) in [5.74, 6) is -2.38. The lowest BCUT2D eigenvalue weighted by atomic mass is 10.0. The SMILES string of the molecule is CC(C(=O)N/C(O)=C/C(=N)c1ccc(Cl)cc1Cl)c1ccc(-c2nn(C(C)C)c(N)c2C(N)=O)cn1. The molecule has 188 valence electrons. The van der Waals surface area contributed by atoms with Crippen molar-refractivity contribution >= 4 is 46.5 Å². The van der Waals surface area contributed by atoms with Gasteiger partial charge >= 0.3 is 0 Å². The molecule has 0 radical (unpaired) electrons. The fourth-order valence-electron chi connectivity index (χ4n) is 3.41. The number of pyridine rings is 1. The number of nitrogens with zero attached hydrogens (tertiary/aromatic N) is 3. The number of carbonyl (C=O) groups excluding carboxylic acids is 2. The average molecular weight is 530 g/mol. The number of amides is 2. The highest BCUT2D eigenvalue weighted by Crippen LogP contribution is 2.29. The maximum absolute atomic E-state index is 12.6. The lowest BCUT2D eigenvalue weighted by Gasteiger charge is -2.12. The van der Waals surface area contributed by atoms with Crippen LogP contribution in [0.5, 0.6) is 0 Å². The maximum Gasteiger partial charge on any atom is 0.254 e. The molecule has 1 aromatic carbocycles. The van der Waals surface area contributed by atoms with E-state index in [9.17, 15) is 14.7 Å². The van der Waals surface area contributed by atoms with E-state index in [1.54, 1.807) is 25.1 Å². The Kier molecular flexibility index (Phi) is 8.01. The zero-order chi connectivity index (χ0) is 26.7. The predicted octanol–water partition coefficient (Wildman–Crippen LogP) is 4.20. The minimum absolute atomic E-state index is 0.0919. The number of anilines is 1. The van der Waals surface area contributed by atoms with Gasteiger partial charge in [0.2, 0.25) is 5.91 Å². The highest BCUT2D eigenvalue weighted by molar-refractivity contribution is 6.37. The van der Waals surface area contributed by atoms with E-state index in [4.69, 9.17) is 40.1 Å². The second-order valence-corrected chi connectivity index (χ2v) is 9.11. The summed E-state index contributed by atoms with van der Waals surface area (Å²) in [6, 6.07) is 7.73. The van der Waals surface area contributed by atoms with E-state index in [1.165, 1.54) is 23.0 Å². The molecule has 0 bridgehead atoms. The summed E-state index contributed by atoms with van der Waals surface area (Å²) in [6.45, 7) is 5.34. The molecule has 0 spiro atoms. The first-order chi connectivity index (χ1) is 16.9. The third-order valence-corrected chi connectivity index (χ3v) is 5.88. The number of nitrogens with two attached hydrogens (primary N) is 2. The van der Waals surface area contributed by atoms with Crippen molar-refractivity contribution in [2.45, 2.75) is 32.7 Å². The van der Waals surface area contributed by atoms with E-state index in [-0.39, 0.29) is 28.2 Å². The largest absolute Gasteiger partial charge is 0.494 e. The summed E-state index contributed by atoms with van der Waals surface area (Å²) in [5.41, 5.74) is 13.1. The molecule has 1 atom stereocenters. The number of aliphatic hydroxyl groups is 1. The van der Waals surface area contributed by atoms with Gasteiger partial charge in [-0.1, -0.05) is 23.2 Å². The second-order valence-electron chi connectivity index (χ2n) is 8.26.